The molecule has 0 aliphatic carbocycles. The van der Waals surface area contributed by atoms with Crippen molar-refractivity contribution in [3.05, 3.63) is 39.5 Å². The first-order chi connectivity index (χ1) is 16.7. The molecule has 0 bridgehead atoms. The van der Waals surface area contributed by atoms with Crippen molar-refractivity contribution in [3.8, 4) is 0 Å². The molecule has 1 fully saturated rings. The van der Waals surface area contributed by atoms with Crippen molar-refractivity contribution in [2.24, 2.45) is 0 Å². The van der Waals surface area contributed by atoms with Crippen LogP contribution in [-0.4, -0.2) is 90.1 Å². The van der Waals surface area contributed by atoms with Crippen LogP contribution in [0, 0.1) is 0 Å². The molecule has 0 aromatic carbocycles. The van der Waals surface area contributed by atoms with Crippen LogP contribution in [0.4, 0.5) is 24.8 Å². The average molecular weight is 520 g/mol. The predicted octanol–water partition coefficient (Wildman–Crippen LogP) is 1.41. The summed E-state index contributed by atoms with van der Waals surface area (Å²) in [5.74, 6) is 0.446. The fraction of sp³-hybridized carbons (Fsp3) is 0.550. The summed E-state index contributed by atoms with van der Waals surface area (Å²) in [5, 5.41) is 8.24. The first-order valence-corrected chi connectivity index (χ1v) is 11.0. The third-order valence-corrected chi connectivity index (χ3v) is 5.36. The van der Waals surface area contributed by atoms with Gasteiger partial charge in [-0.15, -0.1) is 0 Å². The maximum atomic E-state index is 13.2. The van der Waals surface area contributed by atoms with Crippen LogP contribution in [0.2, 0.25) is 5.02 Å². The van der Waals surface area contributed by atoms with Gasteiger partial charge in [-0.1, -0.05) is 11.6 Å². The Hall–Kier alpha value is -2.97. The van der Waals surface area contributed by atoms with Gasteiger partial charge in [0.25, 0.3) is 5.56 Å². The van der Waals surface area contributed by atoms with Crippen LogP contribution >= 0.6 is 11.6 Å². The summed E-state index contributed by atoms with van der Waals surface area (Å²) >= 11 is 5.80. The Morgan fingerprint density at radius 1 is 1.20 bits per heavy atom. The number of carbonyl (C=O) groups excluding carboxylic acids is 1. The van der Waals surface area contributed by atoms with E-state index in [9.17, 15) is 22.8 Å². The first-order valence-electron chi connectivity index (χ1n) is 10.7. The molecule has 15 heteroatoms. The minimum atomic E-state index is -4.87. The van der Waals surface area contributed by atoms with Crippen molar-refractivity contribution in [2.45, 2.75) is 18.6 Å². The molecule has 1 aliphatic rings. The first kappa shape index (κ1) is 26.6. The smallest absolute Gasteiger partial charge is 0.382 e. The zero-order valence-corrected chi connectivity index (χ0v) is 19.6. The minimum absolute atomic E-state index is 0.00672. The second kappa shape index (κ2) is 12.1. The van der Waals surface area contributed by atoms with E-state index in [2.05, 4.69) is 20.4 Å². The molecule has 0 spiro atoms. The maximum Gasteiger partial charge on any atom is 0.423 e. The normalized spacial score (nSPS) is 15.2. The van der Waals surface area contributed by atoms with Crippen LogP contribution in [0.15, 0.2) is 23.4 Å². The Morgan fingerprint density at radius 3 is 2.51 bits per heavy atom. The molecule has 0 saturated carbocycles. The number of aromatic amines is 1. The number of piperazine rings is 1. The summed E-state index contributed by atoms with van der Waals surface area (Å²) in [6.07, 6.45) is -0.850. The number of aromatic nitrogens is 4. The summed E-state index contributed by atoms with van der Waals surface area (Å²) in [6.45, 7) is 2.16. The highest BCUT2D eigenvalue weighted by Crippen LogP contribution is 2.31. The zero-order valence-electron chi connectivity index (χ0n) is 18.8. The van der Waals surface area contributed by atoms with E-state index in [1.807, 2.05) is 4.90 Å². The van der Waals surface area contributed by atoms with Gasteiger partial charge in [0.05, 0.1) is 61.6 Å². The maximum absolute atomic E-state index is 13.2. The number of methoxy groups -OCH3 is 1. The van der Waals surface area contributed by atoms with Crippen LogP contribution in [-0.2, 0) is 20.4 Å². The molecular formula is C20H25ClF3N7O4. The van der Waals surface area contributed by atoms with E-state index < -0.39 is 29.0 Å². The molecule has 3 heterocycles. The molecule has 2 aromatic heterocycles. The molecular weight excluding hydrogens is 495 g/mol. The molecule has 192 valence electrons. The molecule has 0 unspecified atom stereocenters. The van der Waals surface area contributed by atoms with Gasteiger partial charge in [0, 0.05) is 33.3 Å². The molecule has 2 aromatic rings. The van der Waals surface area contributed by atoms with E-state index in [1.165, 1.54) is 19.5 Å². The SMILES string of the molecule is COC[C@H](COCCC(=O)N1CCN(c2ncc(Cl)cn2)CC1)Nc1cn[nH]c(=O)c1C(F)(F)F. The summed E-state index contributed by atoms with van der Waals surface area (Å²) in [5.41, 5.74) is -3.22. The molecule has 35 heavy (non-hydrogen) atoms. The van der Waals surface area contributed by atoms with Crippen LogP contribution in [0.5, 0.6) is 0 Å². The monoisotopic (exact) mass is 519 g/mol. The quantitative estimate of drug-likeness (QED) is 0.448. The van der Waals surface area contributed by atoms with Crippen molar-refractivity contribution >= 4 is 29.1 Å². The molecule has 1 atom stereocenters. The lowest BCUT2D eigenvalue weighted by atomic mass is 10.2. The summed E-state index contributed by atoms with van der Waals surface area (Å²) in [6, 6.07) is -0.706. The highest BCUT2D eigenvalue weighted by molar-refractivity contribution is 6.30. The Labute approximate surface area is 203 Å². The van der Waals surface area contributed by atoms with Crippen molar-refractivity contribution in [2.75, 3.05) is 63.3 Å². The van der Waals surface area contributed by atoms with Crippen LogP contribution in [0.1, 0.15) is 12.0 Å². The van der Waals surface area contributed by atoms with Gasteiger partial charge in [0.1, 0.15) is 5.56 Å². The van der Waals surface area contributed by atoms with Crippen LogP contribution < -0.4 is 15.8 Å². The largest absolute Gasteiger partial charge is 0.423 e. The minimum Gasteiger partial charge on any atom is -0.382 e. The topological polar surface area (TPSA) is 126 Å². The highest BCUT2D eigenvalue weighted by atomic mass is 35.5. The zero-order chi connectivity index (χ0) is 25.4. The van der Waals surface area contributed by atoms with Gasteiger partial charge in [-0.2, -0.15) is 18.3 Å². The molecule has 3 rings (SSSR count). The van der Waals surface area contributed by atoms with E-state index in [0.717, 1.165) is 6.20 Å². The number of hydrogen-bond donors (Lipinski definition) is 2. The molecule has 1 amide bonds. The third-order valence-electron chi connectivity index (χ3n) is 5.17. The standard InChI is InChI=1S/C20H25ClF3N7O4/c1-34-11-14(28-15-10-27-29-18(33)17(15)20(22,23)24)12-35-7-2-16(32)30-3-5-31(6-4-30)19-25-8-13(21)9-26-19/h8-10,14H,2-7,11-12H2,1H3,(H2,28,29,33)/t14-/m1/s1. The number of nitrogens with one attached hydrogen (secondary N) is 2. The van der Waals surface area contributed by atoms with Gasteiger partial charge in [-0.3, -0.25) is 9.59 Å². The van der Waals surface area contributed by atoms with Crippen molar-refractivity contribution in [1.29, 1.82) is 0 Å². The number of halogens is 4. The van der Waals surface area contributed by atoms with E-state index in [-0.39, 0.29) is 32.1 Å². The van der Waals surface area contributed by atoms with E-state index in [0.29, 0.717) is 37.1 Å². The molecule has 0 radical (unpaired) electrons. The lowest BCUT2D eigenvalue weighted by molar-refractivity contribution is -0.138. The molecule has 1 aliphatic heterocycles. The summed E-state index contributed by atoms with van der Waals surface area (Å²) in [4.78, 5) is 36.1. The predicted molar refractivity (Wildman–Crippen MR) is 120 cm³/mol. The fourth-order valence-corrected chi connectivity index (χ4v) is 3.61. The lowest BCUT2D eigenvalue weighted by Crippen LogP contribution is -2.49. The van der Waals surface area contributed by atoms with Gasteiger partial charge in [0.2, 0.25) is 11.9 Å². The number of rotatable bonds is 10. The Bertz CT molecular complexity index is 1030. The number of nitrogens with zero attached hydrogens (tertiary/aromatic N) is 5. The third kappa shape index (κ3) is 7.50. The van der Waals surface area contributed by atoms with Crippen molar-refractivity contribution in [3.63, 3.8) is 0 Å². The second-order valence-corrected chi connectivity index (χ2v) is 8.11. The van der Waals surface area contributed by atoms with Gasteiger partial charge >= 0.3 is 6.18 Å². The number of anilines is 2. The van der Waals surface area contributed by atoms with E-state index >= 15 is 0 Å². The summed E-state index contributed by atoms with van der Waals surface area (Å²) < 4.78 is 50.3. The average Bonchev–Trinajstić information content (AvgIpc) is 2.81. The highest BCUT2D eigenvalue weighted by Gasteiger charge is 2.37. The van der Waals surface area contributed by atoms with E-state index in [1.54, 1.807) is 10.00 Å². The van der Waals surface area contributed by atoms with E-state index in [4.69, 9.17) is 21.1 Å². The van der Waals surface area contributed by atoms with Gasteiger partial charge < -0.3 is 24.6 Å². The number of amides is 1. The second-order valence-electron chi connectivity index (χ2n) is 7.68. The number of carbonyl (C=O) groups is 1. The Morgan fingerprint density at radius 2 is 1.89 bits per heavy atom. The molecule has 1 saturated heterocycles. The van der Waals surface area contributed by atoms with Crippen molar-refractivity contribution < 1.29 is 27.4 Å². The van der Waals surface area contributed by atoms with Gasteiger partial charge in [-0.05, 0) is 0 Å². The number of hydrogen-bond acceptors (Lipinski definition) is 9. The lowest BCUT2D eigenvalue weighted by Gasteiger charge is -2.34. The number of alkyl halides is 3. The fourth-order valence-electron chi connectivity index (χ4n) is 3.51. The number of H-pyrrole nitrogens is 1. The molecule has 11 nitrogen and oxygen atoms in total. The van der Waals surface area contributed by atoms with Crippen LogP contribution in [0.25, 0.3) is 0 Å². The number of ether oxygens (including phenoxy) is 2. The van der Waals surface area contributed by atoms with Crippen LogP contribution in [0.3, 0.4) is 0 Å². The van der Waals surface area contributed by atoms with Crippen molar-refractivity contribution in [1.82, 2.24) is 25.1 Å². The van der Waals surface area contributed by atoms with Gasteiger partial charge in [-0.25, -0.2) is 15.1 Å². The Kier molecular flexibility index (Phi) is 9.23. The Balaban J connectivity index is 1.45. The van der Waals surface area contributed by atoms with Gasteiger partial charge in [0.15, 0.2) is 0 Å². The summed E-state index contributed by atoms with van der Waals surface area (Å²) in [7, 11) is 1.38. The molecule has 2 N–H and O–H groups in total.